The van der Waals surface area contributed by atoms with Gasteiger partial charge in [-0.2, -0.15) is 0 Å². The van der Waals surface area contributed by atoms with E-state index in [1.165, 1.54) is 29.8 Å². The maximum atomic E-state index is 4.49. The van der Waals surface area contributed by atoms with Crippen LogP contribution in [0.1, 0.15) is 30.0 Å². The van der Waals surface area contributed by atoms with Gasteiger partial charge < -0.3 is 4.90 Å². The molecule has 0 bridgehead atoms. The number of piperidine rings is 1. The van der Waals surface area contributed by atoms with Crippen molar-refractivity contribution in [2.75, 3.05) is 18.0 Å². The van der Waals surface area contributed by atoms with Crippen LogP contribution in [-0.4, -0.2) is 18.1 Å². The van der Waals surface area contributed by atoms with Gasteiger partial charge in [0.05, 0.1) is 0 Å². The highest BCUT2D eigenvalue weighted by molar-refractivity contribution is 5.48. The number of hydrogen-bond acceptors (Lipinski definition) is 2. The minimum absolute atomic E-state index is 0.628. The number of hydrogen-bond donors (Lipinski definition) is 0. The highest BCUT2D eigenvalue weighted by Gasteiger charge is 2.21. The van der Waals surface area contributed by atoms with Crippen molar-refractivity contribution < 1.29 is 0 Å². The standard InChI is InChI=1S/C17H20N2/c1-14-5-7-16(8-6-14)19-12-9-15(10-13-19)17-4-2-3-11-18-17/h2-8,11,15H,9-10,12-13H2,1H3. The zero-order valence-electron chi connectivity index (χ0n) is 11.4. The Hall–Kier alpha value is -1.83. The molecule has 0 spiro atoms. The summed E-state index contributed by atoms with van der Waals surface area (Å²) in [5, 5.41) is 0. The Bertz CT molecular complexity index is 511. The maximum Gasteiger partial charge on any atom is 0.0435 e. The largest absolute Gasteiger partial charge is 0.371 e. The number of anilines is 1. The molecule has 98 valence electrons. The van der Waals surface area contributed by atoms with Crippen LogP contribution in [0.25, 0.3) is 0 Å². The topological polar surface area (TPSA) is 16.1 Å². The molecule has 2 nitrogen and oxygen atoms in total. The second-order valence-electron chi connectivity index (χ2n) is 5.35. The van der Waals surface area contributed by atoms with E-state index >= 15 is 0 Å². The average molecular weight is 252 g/mol. The first-order valence-electron chi connectivity index (χ1n) is 7.05. The van der Waals surface area contributed by atoms with Gasteiger partial charge in [0.2, 0.25) is 0 Å². The molecule has 2 heteroatoms. The van der Waals surface area contributed by atoms with Crippen LogP contribution in [0.3, 0.4) is 0 Å². The molecule has 1 aromatic carbocycles. The molecule has 0 atom stereocenters. The van der Waals surface area contributed by atoms with Gasteiger partial charge >= 0.3 is 0 Å². The first-order chi connectivity index (χ1) is 9.33. The number of aromatic nitrogens is 1. The highest BCUT2D eigenvalue weighted by Crippen LogP contribution is 2.29. The van der Waals surface area contributed by atoms with E-state index in [1.54, 1.807) is 0 Å². The Morgan fingerprint density at radius 3 is 2.37 bits per heavy atom. The Morgan fingerprint density at radius 1 is 1.00 bits per heavy atom. The first kappa shape index (κ1) is 12.2. The zero-order valence-corrected chi connectivity index (χ0v) is 11.4. The van der Waals surface area contributed by atoms with Crippen molar-refractivity contribution in [3.8, 4) is 0 Å². The summed E-state index contributed by atoms with van der Waals surface area (Å²) in [5.74, 6) is 0.628. The number of nitrogens with zero attached hydrogens (tertiary/aromatic N) is 2. The van der Waals surface area contributed by atoms with E-state index in [9.17, 15) is 0 Å². The van der Waals surface area contributed by atoms with E-state index in [1.807, 2.05) is 12.3 Å². The van der Waals surface area contributed by atoms with Crippen LogP contribution in [0, 0.1) is 6.92 Å². The molecule has 2 heterocycles. The maximum absolute atomic E-state index is 4.49. The fraction of sp³-hybridized carbons (Fsp3) is 0.353. The summed E-state index contributed by atoms with van der Waals surface area (Å²) in [7, 11) is 0. The van der Waals surface area contributed by atoms with Crippen molar-refractivity contribution in [3.63, 3.8) is 0 Å². The summed E-state index contributed by atoms with van der Waals surface area (Å²) in [5.41, 5.74) is 3.93. The molecule has 0 radical (unpaired) electrons. The monoisotopic (exact) mass is 252 g/mol. The summed E-state index contributed by atoms with van der Waals surface area (Å²) in [6.07, 6.45) is 4.30. The Kier molecular flexibility index (Phi) is 3.49. The normalized spacial score (nSPS) is 16.6. The third kappa shape index (κ3) is 2.78. The number of pyridine rings is 1. The van der Waals surface area contributed by atoms with Gasteiger partial charge in [0.25, 0.3) is 0 Å². The molecule has 1 aliphatic rings. The van der Waals surface area contributed by atoms with Crippen LogP contribution in [0.4, 0.5) is 5.69 Å². The second-order valence-corrected chi connectivity index (χ2v) is 5.35. The summed E-state index contributed by atoms with van der Waals surface area (Å²) in [4.78, 5) is 6.98. The minimum Gasteiger partial charge on any atom is -0.371 e. The molecule has 0 amide bonds. The van der Waals surface area contributed by atoms with Gasteiger partial charge in [0.1, 0.15) is 0 Å². The van der Waals surface area contributed by atoms with Gasteiger partial charge in [-0.3, -0.25) is 4.98 Å². The van der Waals surface area contributed by atoms with Gasteiger partial charge in [-0.25, -0.2) is 0 Å². The van der Waals surface area contributed by atoms with Crippen molar-refractivity contribution >= 4 is 5.69 Å². The van der Waals surface area contributed by atoms with E-state index in [0.29, 0.717) is 5.92 Å². The first-order valence-corrected chi connectivity index (χ1v) is 7.05. The lowest BCUT2D eigenvalue weighted by Gasteiger charge is -2.33. The van der Waals surface area contributed by atoms with Gasteiger partial charge in [0, 0.05) is 36.6 Å². The van der Waals surface area contributed by atoms with Crippen LogP contribution < -0.4 is 4.90 Å². The lowest BCUT2D eigenvalue weighted by Crippen LogP contribution is -2.33. The van der Waals surface area contributed by atoms with Crippen molar-refractivity contribution in [1.82, 2.24) is 4.98 Å². The lowest BCUT2D eigenvalue weighted by molar-refractivity contribution is 0.496. The third-order valence-electron chi connectivity index (χ3n) is 4.00. The third-order valence-corrected chi connectivity index (χ3v) is 4.00. The molecular formula is C17H20N2. The fourth-order valence-electron chi connectivity index (χ4n) is 2.81. The summed E-state index contributed by atoms with van der Waals surface area (Å²) in [6.45, 7) is 4.39. The van der Waals surface area contributed by atoms with Crippen molar-refractivity contribution in [2.24, 2.45) is 0 Å². The molecule has 1 aliphatic heterocycles. The molecule has 0 unspecified atom stereocenters. The predicted molar refractivity (Wildman–Crippen MR) is 79.6 cm³/mol. The minimum atomic E-state index is 0.628. The van der Waals surface area contributed by atoms with Crippen molar-refractivity contribution in [2.45, 2.75) is 25.7 Å². The zero-order chi connectivity index (χ0) is 13.1. The molecule has 0 N–H and O–H groups in total. The van der Waals surface area contributed by atoms with E-state index < -0.39 is 0 Å². The molecule has 0 saturated carbocycles. The summed E-state index contributed by atoms with van der Waals surface area (Å²) in [6, 6.07) is 15.1. The number of rotatable bonds is 2. The Balaban J connectivity index is 1.65. The van der Waals surface area contributed by atoms with Gasteiger partial charge in [-0.05, 0) is 44.0 Å². The van der Waals surface area contributed by atoms with Crippen LogP contribution >= 0.6 is 0 Å². The number of aryl methyl sites for hydroxylation is 1. The second kappa shape index (κ2) is 5.43. The predicted octanol–water partition coefficient (Wildman–Crippen LogP) is 3.77. The van der Waals surface area contributed by atoms with Gasteiger partial charge in [-0.15, -0.1) is 0 Å². The van der Waals surface area contributed by atoms with Crippen molar-refractivity contribution in [3.05, 3.63) is 59.9 Å². The molecule has 2 aromatic rings. The van der Waals surface area contributed by atoms with E-state index in [4.69, 9.17) is 0 Å². The molecule has 19 heavy (non-hydrogen) atoms. The smallest absolute Gasteiger partial charge is 0.0435 e. The van der Waals surface area contributed by atoms with Crippen LogP contribution in [0.5, 0.6) is 0 Å². The van der Waals surface area contributed by atoms with E-state index in [0.717, 1.165) is 13.1 Å². The average Bonchev–Trinajstić information content (AvgIpc) is 2.49. The van der Waals surface area contributed by atoms with E-state index in [-0.39, 0.29) is 0 Å². The van der Waals surface area contributed by atoms with Gasteiger partial charge in [-0.1, -0.05) is 23.8 Å². The molecule has 1 fully saturated rings. The summed E-state index contributed by atoms with van der Waals surface area (Å²) >= 11 is 0. The quantitative estimate of drug-likeness (QED) is 0.808. The SMILES string of the molecule is Cc1ccc(N2CCC(c3ccccn3)CC2)cc1. The lowest BCUT2D eigenvalue weighted by atomic mass is 9.93. The summed E-state index contributed by atoms with van der Waals surface area (Å²) < 4.78 is 0. The Labute approximate surface area is 115 Å². The Morgan fingerprint density at radius 2 is 1.74 bits per heavy atom. The van der Waals surface area contributed by atoms with Crippen LogP contribution in [0.15, 0.2) is 48.7 Å². The van der Waals surface area contributed by atoms with E-state index in [2.05, 4.69) is 53.2 Å². The molecule has 1 saturated heterocycles. The molecule has 1 aromatic heterocycles. The van der Waals surface area contributed by atoms with Crippen LogP contribution in [0.2, 0.25) is 0 Å². The molecular weight excluding hydrogens is 232 g/mol. The highest BCUT2D eigenvalue weighted by atomic mass is 15.1. The fourth-order valence-corrected chi connectivity index (χ4v) is 2.81. The van der Waals surface area contributed by atoms with Crippen molar-refractivity contribution in [1.29, 1.82) is 0 Å². The van der Waals surface area contributed by atoms with Gasteiger partial charge in [0.15, 0.2) is 0 Å². The van der Waals surface area contributed by atoms with Crippen LogP contribution in [-0.2, 0) is 0 Å². The molecule has 0 aliphatic carbocycles. The number of benzene rings is 1. The molecule has 3 rings (SSSR count).